The fourth-order valence-electron chi connectivity index (χ4n) is 3.69. The lowest BCUT2D eigenvalue weighted by atomic mass is 10.1. The summed E-state index contributed by atoms with van der Waals surface area (Å²) in [5.41, 5.74) is 0. The van der Waals surface area contributed by atoms with Gasteiger partial charge in [0.05, 0.1) is 6.61 Å². The predicted octanol–water partition coefficient (Wildman–Crippen LogP) is 1.61. The van der Waals surface area contributed by atoms with Crippen molar-refractivity contribution in [3.63, 3.8) is 0 Å². The quantitative estimate of drug-likeness (QED) is 0.134. The van der Waals surface area contributed by atoms with Crippen LogP contribution in [0.1, 0.15) is 64.7 Å². The molecule has 0 saturated heterocycles. The Balaban J connectivity index is 2.54. The lowest BCUT2D eigenvalue weighted by Gasteiger charge is -2.12. The third-order valence-corrected chi connectivity index (χ3v) is 5.94. The van der Waals surface area contributed by atoms with E-state index in [0.717, 1.165) is 12.8 Å². The number of aliphatic hydroxyl groups is 2. The van der Waals surface area contributed by atoms with Gasteiger partial charge >= 0.3 is 5.84 Å². The highest BCUT2D eigenvalue weighted by atomic mass is 32.2. The first-order valence-electron chi connectivity index (χ1n) is 11.1. The lowest BCUT2D eigenvalue weighted by Crippen LogP contribution is -2.40. The SMILES string of the molecule is CCCCCCCCC/C=C/CC(=O)C1=[N+](CC(O)CS(=O)(=O)O)CCN1CCO. The monoisotopic (exact) mass is 447 g/mol. The van der Waals surface area contributed by atoms with E-state index in [1.54, 1.807) is 9.48 Å². The van der Waals surface area contributed by atoms with Gasteiger partial charge in [-0.2, -0.15) is 8.42 Å². The maximum Gasteiger partial charge on any atom is 0.316 e. The van der Waals surface area contributed by atoms with Crippen LogP contribution in [0.2, 0.25) is 0 Å². The number of ketones is 1. The second-order valence-corrected chi connectivity index (χ2v) is 9.39. The fraction of sp³-hybridized carbons (Fsp3) is 0.810. The molecule has 0 radical (unpaired) electrons. The summed E-state index contributed by atoms with van der Waals surface area (Å²) in [6.07, 6.45) is 12.4. The molecule has 0 amide bonds. The molecule has 30 heavy (non-hydrogen) atoms. The first kappa shape index (κ1) is 26.7. The molecule has 174 valence electrons. The molecular formula is C21H39N2O6S+. The van der Waals surface area contributed by atoms with Crippen LogP contribution in [0.3, 0.4) is 0 Å². The normalized spacial score (nSPS) is 16.1. The molecular weight excluding hydrogens is 408 g/mol. The molecule has 1 heterocycles. The van der Waals surface area contributed by atoms with Gasteiger partial charge < -0.3 is 10.2 Å². The first-order valence-corrected chi connectivity index (χ1v) is 12.7. The van der Waals surface area contributed by atoms with E-state index in [1.807, 2.05) is 12.2 Å². The second-order valence-electron chi connectivity index (χ2n) is 7.89. The number of allylic oxidation sites excluding steroid dienone is 2. The number of β-amino-alcohol motifs (C(OH)–C–C–N with tert-alkyl or cyclic N) is 2. The van der Waals surface area contributed by atoms with Crippen molar-refractivity contribution >= 4 is 21.7 Å². The van der Waals surface area contributed by atoms with E-state index in [0.29, 0.717) is 25.5 Å². The molecule has 0 fully saturated rings. The number of aliphatic hydroxyl groups excluding tert-OH is 2. The van der Waals surface area contributed by atoms with Crippen molar-refractivity contribution in [1.29, 1.82) is 0 Å². The third kappa shape index (κ3) is 11.2. The molecule has 1 rings (SSSR count). The van der Waals surface area contributed by atoms with E-state index in [1.165, 1.54) is 38.5 Å². The zero-order valence-electron chi connectivity index (χ0n) is 18.2. The smallest absolute Gasteiger partial charge is 0.316 e. The lowest BCUT2D eigenvalue weighted by molar-refractivity contribution is -0.525. The Bertz CT molecular complexity index is 675. The van der Waals surface area contributed by atoms with Crippen molar-refractivity contribution in [3.05, 3.63) is 12.2 Å². The van der Waals surface area contributed by atoms with Crippen LogP contribution in [0.15, 0.2) is 12.2 Å². The standard InChI is InChI=1S/C21H38N2O6S/c1-2-3-4-5-6-7-8-9-10-11-12-20(26)21-22(15-16-24)13-14-23(21)17-19(25)18-30(27,28)29/h10-11,19,24-25H,2-9,12-18H2,1H3/p+1/b11-10+. The van der Waals surface area contributed by atoms with E-state index in [-0.39, 0.29) is 25.4 Å². The van der Waals surface area contributed by atoms with Crippen molar-refractivity contribution < 1.29 is 32.6 Å². The number of carbonyl (C=O) groups excluding carboxylic acids is 1. The van der Waals surface area contributed by atoms with E-state index >= 15 is 0 Å². The van der Waals surface area contributed by atoms with Crippen molar-refractivity contribution in [3.8, 4) is 0 Å². The number of rotatable bonds is 17. The molecule has 0 aromatic carbocycles. The molecule has 3 N–H and O–H groups in total. The minimum Gasteiger partial charge on any atom is -0.392 e. The molecule has 0 bridgehead atoms. The number of hydrogen-bond acceptors (Lipinski definition) is 6. The summed E-state index contributed by atoms with van der Waals surface area (Å²) in [4.78, 5) is 14.5. The van der Waals surface area contributed by atoms with E-state index in [2.05, 4.69) is 6.92 Å². The number of nitrogens with zero attached hydrogens (tertiary/aromatic N) is 2. The van der Waals surface area contributed by atoms with Gasteiger partial charge in [-0.1, -0.05) is 57.6 Å². The van der Waals surface area contributed by atoms with Crippen LogP contribution in [-0.4, -0.2) is 88.9 Å². The largest absolute Gasteiger partial charge is 0.392 e. The molecule has 1 atom stereocenters. The molecule has 9 heteroatoms. The highest BCUT2D eigenvalue weighted by molar-refractivity contribution is 7.85. The average molecular weight is 448 g/mol. The van der Waals surface area contributed by atoms with Gasteiger partial charge in [-0.15, -0.1) is 0 Å². The first-order chi connectivity index (χ1) is 14.3. The van der Waals surface area contributed by atoms with Gasteiger partial charge in [0, 0.05) is 6.42 Å². The van der Waals surface area contributed by atoms with E-state index in [9.17, 15) is 23.4 Å². The highest BCUT2D eigenvalue weighted by Gasteiger charge is 2.36. The van der Waals surface area contributed by atoms with Crippen LogP contribution in [-0.2, 0) is 14.9 Å². The average Bonchev–Trinajstić information content (AvgIpc) is 3.04. The number of carbonyl (C=O) groups is 1. The van der Waals surface area contributed by atoms with Gasteiger partial charge in [0.15, 0.2) is 0 Å². The van der Waals surface area contributed by atoms with Crippen LogP contribution in [0.25, 0.3) is 0 Å². The summed E-state index contributed by atoms with van der Waals surface area (Å²) in [6.45, 7) is 3.30. The Hall–Kier alpha value is -1.29. The second kappa shape index (κ2) is 14.7. The van der Waals surface area contributed by atoms with Gasteiger partial charge in [0.1, 0.15) is 38.0 Å². The number of unbranched alkanes of at least 4 members (excludes halogenated alkanes) is 7. The molecule has 0 aliphatic carbocycles. The molecule has 1 unspecified atom stereocenters. The highest BCUT2D eigenvalue weighted by Crippen LogP contribution is 2.10. The Morgan fingerprint density at radius 1 is 1.17 bits per heavy atom. The van der Waals surface area contributed by atoms with Crippen molar-refractivity contribution in [2.45, 2.75) is 70.8 Å². The van der Waals surface area contributed by atoms with Gasteiger partial charge in [-0.3, -0.25) is 18.8 Å². The summed E-state index contributed by atoms with van der Waals surface area (Å²) in [6, 6.07) is 0. The molecule has 0 aromatic rings. The molecule has 0 spiro atoms. The maximum absolute atomic E-state index is 12.7. The topological polar surface area (TPSA) is 118 Å². The van der Waals surface area contributed by atoms with Crippen LogP contribution in [0.5, 0.6) is 0 Å². The Labute approximate surface area is 181 Å². The van der Waals surface area contributed by atoms with Crippen LogP contribution in [0.4, 0.5) is 0 Å². The van der Waals surface area contributed by atoms with Gasteiger partial charge in [-0.05, 0) is 12.8 Å². The van der Waals surface area contributed by atoms with Gasteiger partial charge in [-0.25, -0.2) is 0 Å². The summed E-state index contributed by atoms with van der Waals surface area (Å²) in [7, 11) is -4.29. The fourth-order valence-corrected chi connectivity index (χ4v) is 4.28. The minimum absolute atomic E-state index is 0.0649. The molecule has 0 aromatic heterocycles. The number of Topliss-reactive ketones (excluding diaryl/α,β-unsaturated/α-hetero) is 1. The van der Waals surface area contributed by atoms with Crippen LogP contribution >= 0.6 is 0 Å². The van der Waals surface area contributed by atoms with Crippen LogP contribution < -0.4 is 0 Å². The summed E-state index contributed by atoms with van der Waals surface area (Å²) >= 11 is 0. The molecule has 8 nitrogen and oxygen atoms in total. The molecule has 1 aliphatic rings. The Morgan fingerprint density at radius 3 is 2.47 bits per heavy atom. The van der Waals surface area contributed by atoms with Crippen molar-refractivity contribution in [1.82, 2.24) is 4.90 Å². The number of hydrogen-bond donors (Lipinski definition) is 3. The van der Waals surface area contributed by atoms with Crippen molar-refractivity contribution in [2.24, 2.45) is 0 Å². The molecule has 0 saturated carbocycles. The van der Waals surface area contributed by atoms with Gasteiger partial charge in [0.25, 0.3) is 10.1 Å². The predicted molar refractivity (Wildman–Crippen MR) is 117 cm³/mol. The maximum atomic E-state index is 12.7. The van der Waals surface area contributed by atoms with Gasteiger partial charge in [0.2, 0.25) is 5.78 Å². The van der Waals surface area contributed by atoms with Crippen molar-refractivity contribution in [2.75, 3.05) is 38.5 Å². The Morgan fingerprint density at radius 2 is 1.83 bits per heavy atom. The van der Waals surface area contributed by atoms with Crippen LogP contribution in [0, 0.1) is 0 Å². The zero-order valence-corrected chi connectivity index (χ0v) is 19.0. The summed E-state index contributed by atoms with van der Waals surface area (Å²) < 4.78 is 32.5. The number of amidine groups is 1. The third-order valence-electron chi connectivity index (χ3n) is 5.14. The Kier molecular flexibility index (Phi) is 13.1. The molecule has 1 aliphatic heterocycles. The zero-order chi connectivity index (χ0) is 22.4. The summed E-state index contributed by atoms with van der Waals surface area (Å²) in [5.74, 6) is -0.515. The van der Waals surface area contributed by atoms with E-state index in [4.69, 9.17) is 4.55 Å². The minimum atomic E-state index is -4.29. The summed E-state index contributed by atoms with van der Waals surface area (Å²) in [5, 5.41) is 19.2. The van der Waals surface area contributed by atoms with E-state index < -0.39 is 22.0 Å².